The molecule has 0 aromatic carbocycles. The number of hydrogen-bond donors (Lipinski definition) is 2. The predicted octanol–water partition coefficient (Wildman–Crippen LogP) is 0.481. The van der Waals surface area contributed by atoms with Crippen LogP contribution in [0.15, 0.2) is 18.3 Å². The zero-order valence-corrected chi connectivity index (χ0v) is 7.94. The van der Waals surface area contributed by atoms with E-state index in [2.05, 4.69) is 4.98 Å². The second-order valence-electron chi connectivity index (χ2n) is 3.09. The molecule has 1 aromatic rings. The smallest absolute Gasteiger partial charge is 0.130 e. The van der Waals surface area contributed by atoms with E-state index in [9.17, 15) is 0 Å². The fourth-order valence-electron chi connectivity index (χ4n) is 0.975. The maximum absolute atomic E-state index is 8.94. The van der Waals surface area contributed by atoms with Gasteiger partial charge in [0.1, 0.15) is 5.82 Å². The van der Waals surface area contributed by atoms with Crippen LogP contribution in [0, 0.1) is 0 Å². The molecule has 72 valence electrons. The molecular formula is C9H15N3O. The number of aromatic nitrogens is 1. The van der Waals surface area contributed by atoms with E-state index in [-0.39, 0.29) is 12.6 Å². The summed E-state index contributed by atoms with van der Waals surface area (Å²) in [5, 5.41) is 8.94. The maximum Gasteiger partial charge on any atom is 0.130 e. The molecule has 0 aliphatic carbocycles. The Kier molecular flexibility index (Phi) is 3.08. The number of likely N-dealkylation sites (N-methyl/N-ethyl adjacent to an activating group) is 1. The normalized spacial score (nSPS) is 12.5. The number of nitrogen functional groups attached to an aromatic ring is 1. The summed E-state index contributed by atoms with van der Waals surface area (Å²) in [6, 6.07) is 3.57. The quantitative estimate of drug-likeness (QED) is 0.712. The first-order chi connectivity index (χ1) is 6.15. The van der Waals surface area contributed by atoms with Gasteiger partial charge in [0.05, 0.1) is 12.6 Å². The standard InChI is InChI=1S/C9H15N3O/c1-7(6-13)12(2)9-5-8(10)3-4-11-9/h3-5,7,13H,6H2,1-2H3,(H2,10,11). The average Bonchev–Trinajstić information content (AvgIpc) is 2.15. The molecule has 3 N–H and O–H groups in total. The van der Waals surface area contributed by atoms with Gasteiger partial charge in [-0.2, -0.15) is 0 Å². The van der Waals surface area contributed by atoms with Gasteiger partial charge in [0, 0.05) is 25.0 Å². The van der Waals surface area contributed by atoms with Crippen molar-refractivity contribution in [1.82, 2.24) is 4.98 Å². The lowest BCUT2D eigenvalue weighted by atomic mass is 10.3. The van der Waals surface area contributed by atoms with Gasteiger partial charge in [-0.25, -0.2) is 4.98 Å². The highest BCUT2D eigenvalue weighted by molar-refractivity contribution is 5.50. The molecule has 0 bridgehead atoms. The van der Waals surface area contributed by atoms with Crippen LogP contribution >= 0.6 is 0 Å². The molecule has 0 aliphatic rings. The molecule has 0 aliphatic heterocycles. The number of rotatable bonds is 3. The first-order valence-electron chi connectivity index (χ1n) is 4.20. The highest BCUT2D eigenvalue weighted by atomic mass is 16.3. The average molecular weight is 181 g/mol. The van der Waals surface area contributed by atoms with Gasteiger partial charge in [-0.1, -0.05) is 0 Å². The number of pyridine rings is 1. The van der Waals surface area contributed by atoms with Crippen LogP contribution in [-0.2, 0) is 0 Å². The Balaban J connectivity index is 2.82. The van der Waals surface area contributed by atoms with Crippen LogP contribution in [0.4, 0.5) is 11.5 Å². The molecule has 1 atom stereocenters. The molecule has 1 rings (SSSR count). The van der Waals surface area contributed by atoms with Crippen LogP contribution in [0.2, 0.25) is 0 Å². The summed E-state index contributed by atoms with van der Waals surface area (Å²) in [6.45, 7) is 2.03. The first-order valence-corrected chi connectivity index (χ1v) is 4.20. The maximum atomic E-state index is 8.94. The minimum atomic E-state index is 0.0503. The lowest BCUT2D eigenvalue weighted by Crippen LogP contribution is -2.32. The van der Waals surface area contributed by atoms with Crippen molar-refractivity contribution in [3.05, 3.63) is 18.3 Å². The first kappa shape index (κ1) is 9.80. The van der Waals surface area contributed by atoms with Gasteiger partial charge in [0.15, 0.2) is 0 Å². The van der Waals surface area contributed by atoms with E-state index in [0.717, 1.165) is 5.82 Å². The van der Waals surface area contributed by atoms with E-state index >= 15 is 0 Å². The van der Waals surface area contributed by atoms with Crippen molar-refractivity contribution in [3.63, 3.8) is 0 Å². The van der Waals surface area contributed by atoms with E-state index in [1.165, 1.54) is 0 Å². The van der Waals surface area contributed by atoms with Crippen molar-refractivity contribution in [2.45, 2.75) is 13.0 Å². The number of hydrogen-bond acceptors (Lipinski definition) is 4. The molecule has 1 heterocycles. The van der Waals surface area contributed by atoms with Crippen molar-refractivity contribution in [2.24, 2.45) is 0 Å². The second kappa shape index (κ2) is 4.09. The van der Waals surface area contributed by atoms with E-state index in [1.807, 2.05) is 18.9 Å². The van der Waals surface area contributed by atoms with E-state index in [0.29, 0.717) is 5.69 Å². The summed E-state index contributed by atoms with van der Waals surface area (Å²) < 4.78 is 0. The number of aliphatic hydroxyl groups is 1. The van der Waals surface area contributed by atoms with Crippen LogP contribution < -0.4 is 10.6 Å². The van der Waals surface area contributed by atoms with E-state index < -0.39 is 0 Å². The Hall–Kier alpha value is -1.29. The van der Waals surface area contributed by atoms with Crippen molar-refractivity contribution in [2.75, 3.05) is 24.3 Å². The molecule has 0 radical (unpaired) electrons. The molecule has 0 amide bonds. The fourth-order valence-corrected chi connectivity index (χ4v) is 0.975. The van der Waals surface area contributed by atoms with Crippen LogP contribution in [0.25, 0.3) is 0 Å². The summed E-state index contributed by atoms with van der Waals surface area (Å²) in [5.41, 5.74) is 6.29. The van der Waals surface area contributed by atoms with Crippen molar-refractivity contribution >= 4 is 11.5 Å². The molecule has 4 nitrogen and oxygen atoms in total. The SMILES string of the molecule is CC(CO)N(C)c1cc(N)ccn1. The predicted molar refractivity (Wildman–Crippen MR) is 53.6 cm³/mol. The Morgan fingerprint density at radius 3 is 2.92 bits per heavy atom. The van der Waals surface area contributed by atoms with Crippen LogP contribution in [0.3, 0.4) is 0 Å². The molecule has 0 saturated heterocycles. The number of anilines is 2. The van der Waals surface area contributed by atoms with Gasteiger partial charge >= 0.3 is 0 Å². The Morgan fingerprint density at radius 1 is 1.69 bits per heavy atom. The lowest BCUT2D eigenvalue weighted by Gasteiger charge is -2.24. The topological polar surface area (TPSA) is 62.4 Å². The summed E-state index contributed by atoms with van der Waals surface area (Å²) in [4.78, 5) is 6.03. The molecule has 4 heteroatoms. The van der Waals surface area contributed by atoms with Crippen LogP contribution in [-0.4, -0.2) is 29.8 Å². The van der Waals surface area contributed by atoms with Crippen LogP contribution in [0.5, 0.6) is 0 Å². The summed E-state index contributed by atoms with van der Waals surface area (Å²) in [7, 11) is 1.88. The van der Waals surface area contributed by atoms with Gasteiger partial charge in [-0.3, -0.25) is 0 Å². The zero-order valence-electron chi connectivity index (χ0n) is 7.94. The molecule has 1 aromatic heterocycles. The third-order valence-corrected chi connectivity index (χ3v) is 2.06. The summed E-state index contributed by atoms with van der Waals surface area (Å²) in [6.07, 6.45) is 1.66. The summed E-state index contributed by atoms with van der Waals surface area (Å²) >= 11 is 0. The van der Waals surface area contributed by atoms with Gasteiger partial charge in [-0.05, 0) is 13.0 Å². The van der Waals surface area contributed by atoms with Gasteiger partial charge in [-0.15, -0.1) is 0 Å². The highest BCUT2D eigenvalue weighted by Crippen LogP contribution is 2.14. The minimum absolute atomic E-state index is 0.0503. The van der Waals surface area contributed by atoms with E-state index in [1.54, 1.807) is 18.3 Å². The number of nitrogens with zero attached hydrogens (tertiary/aromatic N) is 2. The van der Waals surface area contributed by atoms with Gasteiger partial charge in [0.25, 0.3) is 0 Å². The Morgan fingerprint density at radius 2 is 2.38 bits per heavy atom. The zero-order chi connectivity index (χ0) is 9.84. The largest absolute Gasteiger partial charge is 0.399 e. The summed E-state index contributed by atoms with van der Waals surface area (Å²) in [5.74, 6) is 0.779. The lowest BCUT2D eigenvalue weighted by molar-refractivity contribution is 0.270. The third kappa shape index (κ3) is 2.32. The molecular weight excluding hydrogens is 166 g/mol. The van der Waals surface area contributed by atoms with E-state index in [4.69, 9.17) is 10.8 Å². The van der Waals surface area contributed by atoms with Crippen molar-refractivity contribution in [3.8, 4) is 0 Å². The van der Waals surface area contributed by atoms with Crippen molar-refractivity contribution < 1.29 is 5.11 Å². The van der Waals surface area contributed by atoms with Crippen molar-refractivity contribution in [1.29, 1.82) is 0 Å². The van der Waals surface area contributed by atoms with Gasteiger partial charge < -0.3 is 15.7 Å². The molecule has 0 spiro atoms. The number of aliphatic hydroxyl groups excluding tert-OH is 1. The minimum Gasteiger partial charge on any atom is -0.399 e. The molecule has 0 saturated carbocycles. The Bertz CT molecular complexity index is 277. The monoisotopic (exact) mass is 181 g/mol. The third-order valence-electron chi connectivity index (χ3n) is 2.06. The number of nitrogens with two attached hydrogens (primary N) is 1. The fraction of sp³-hybridized carbons (Fsp3) is 0.444. The second-order valence-corrected chi connectivity index (χ2v) is 3.09. The highest BCUT2D eigenvalue weighted by Gasteiger charge is 2.09. The molecule has 0 fully saturated rings. The molecule has 1 unspecified atom stereocenters. The molecule has 13 heavy (non-hydrogen) atoms. The van der Waals surface area contributed by atoms with Crippen LogP contribution in [0.1, 0.15) is 6.92 Å². The Labute approximate surface area is 78.0 Å². The van der Waals surface area contributed by atoms with Gasteiger partial charge in [0.2, 0.25) is 0 Å².